The van der Waals surface area contributed by atoms with Crippen LogP contribution in [0.4, 0.5) is 21.8 Å². The van der Waals surface area contributed by atoms with Crippen LogP contribution in [0.15, 0.2) is 24.4 Å². The molecule has 27 heavy (non-hydrogen) atoms. The summed E-state index contributed by atoms with van der Waals surface area (Å²) in [6.45, 7) is 2.18. The number of carbonyl (C=O) groups excluding carboxylic acids is 1. The van der Waals surface area contributed by atoms with Gasteiger partial charge in [-0.25, -0.2) is 9.37 Å². The van der Waals surface area contributed by atoms with E-state index in [9.17, 15) is 19.3 Å². The van der Waals surface area contributed by atoms with Gasteiger partial charge in [-0.2, -0.15) is 4.98 Å². The van der Waals surface area contributed by atoms with Crippen LogP contribution in [-0.4, -0.2) is 39.9 Å². The first kappa shape index (κ1) is 18.5. The van der Waals surface area contributed by atoms with Crippen molar-refractivity contribution in [1.29, 1.82) is 0 Å². The Morgan fingerprint density at radius 2 is 2.15 bits per heavy atom. The number of rotatable bonds is 8. The van der Waals surface area contributed by atoms with Gasteiger partial charge in [0.15, 0.2) is 0 Å². The number of nitro groups is 1. The molecule has 0 saturated heterocycles. The van der Waals surface area contributed by atoms with E-state index >= 15 is 0 Å². The monoisotopic (exact) mass is 374 g/mol. The Morgan fingerprint density at radius 3 is 2.81 bits per heavy atom. The van der Waals surface area contributed by atoms with Gasteiger partial charge in [0.05, 0.1) is 4.92 Å². The first-order valence-electron chi connectivity index (χ1n) is 8.50. The highest BCUT2D eigenvalue weighted by atomic mass is 19.1. The van der Waals surface area contributed by atoms with Gasteiger partial charge in [0, 0.05) is 24.7 Å². The Morgan fingerprint density at radius 1 is 1.37 bits per heavy atom. The van der Waals surface area contributed by atoms with E-state index in [1.165, 1.54) is 6.07 Å². The zero-order chi connectivity index (χ0) is 19.4. The maximum Gasteiger partial charge on any atom is 0.329 e. The quantitative estimate of drug-likeness (QED) is 0.368. The molecule has 9 nitrogen and oxygen atoms in total. The lowest BCUT2D eigenvalue weighted by atomic mass is 10.1. The zero-order valence-electron chi connectivity index (χ0n) is 14.7. The fourth-order valence-corrected chi connectivity index (χ4v) is 2.31. The Kier molecular flexibility index (Phi) is 5.43. The Labute approximate surface area is 154 Å². The summed E-state index contributed by atoms with van der Waals surface area (Å²) in [6, 6.07) is 4.49. The first-order chi connectivity index (χ1) is 12.9. The Bertz CT molecular complexity index is 872. The van der Waals surface area contributed by atoms with Crippen molar-refractivity contribution in [3.05, 3.63) is 51.5 Å². The van der Waals surface area contributed by atoms with Crippen molar-refractivity contribution in [2.75, 3.05) is 23.7 Å². The van der Waals surface area contributed by atoms with Gasteiger partial charge in [-0.05, 0) is 37.5 Å². The molecule has 0 spiro atoms. The molecule has 3 N–H and O–H groups in total. The van der Waals surface area contributed by atoms with Gasteiger partial charge >= 0.3 is 5.69 Å². The largest absolute Gasteiger partial charge is 0.361 e. The van der Waals surface area contributed by atoms with Crippen molar-refractivity contribution in [2.24, 2.45) is 0 Å². The molecule has 1 aliphatic rings. The highest BCUT2D eigenvalue weighted by Crippen LogP contribution is 2.29. The molecule has 1 aromatic carbocycles. The third kappa shape index (κ3) is 4.87. The number of hydrogen-bond acceptors (Lipinski definition) is 7. The SMILES string of the molecule is Cc1ccc(C(=O)NCCNc2ncc([N+](=O)[O-])c(NC3CC3)n2)cc1F. The number of hydrogen-bond donors (Lipinski definition) is 3. The molecule has 0 unspecified atom stereocenters. The predicted octanol–water partition coefficient (Wildman–Crippen LogP) is 2.25. The number of nitrogens with one attached hydrogen (secondary N) is 3. The maximum absolute atomic E-state index is 13.5. The minimum absolute atomic E-state index is 0.179. The average Bonchev–Trinajstić information content (AvgIpc) is 3.45. The molecule has 0 bridgehead atoms. The number of amides is 1. The molecule has 2 aromatic rings. The molecule has 1 fully saturated rings. The molecular weight excluding hydrogens is 355 g/mol. The van der Waals surface area contributed by atoms with E-state index in [0.717, 1.165) is 19.0 Å². The summed E-state index contributed by atoms with van der Waals surface area (Å²) in [5.41, 5.74) is 0.530. The van der Waals surface area contributed by atoms with Crippen LogP contribution in [0.1, 0.15) is 28.8 Å². The number of nitrogens with zero attached hydrogens (tertiary/aromatic N) is 3. The van der Waals surface area contributed by atoms with E-state index in [1.807, 2.05) is 0 Å². The fraction of sp³-hybridized carbons (Fsp3) is 0.353. The second-order valence-electron chi connectivity index (χ2n) is 6.25. The molecule has 10 heteroatoms. The van der Waals surface area contributed by atoms with Gasteiger partial charge < -0.3 is 16.0 Å². The molecule has 1 heterocycles. The van der Waals surface area contributed by atoms with E-state index in [0.29, 0.717) is 12.1 Å². The van der Waals surface area contributed by atoms with E-state index in [1.54, 1.807) is 19.1 Å². The molecule has 0 radical (unpaired) electrons. The van der Waals surface area contributed by atoms with E-state index in [4.69, 9.17) is 0 Å². The summed E-state index contributed by atoms with van der Waals surface area (Å²) < 4.78 is 13.5. The average molecular weight is 374 g/mol. The van der Waals surface area contributed by atoms with E-state index in [-0.39, 0.29) is 35.6 Å². The summed E-state index contributed by atoms with van der Waals surface area (Å²) in [5, 5.41) is 19.6. The summed E-state index contributed by atoms with van der Waals surface area (Å²) >= 11 is 0. The van der Waals surface area contributed by atoms with Gasteiger partial charge in [0.1, 0.15) is 12.0 Å². The summed E-state index contributed by atoms with van der Waals surface area (Å²) in [6.07, 6.45) is 3.05. The van der Waals surface area contributed by atoms with Gasteiger partial charge in [0.2, 0.25) is 11.8 Å². The highest BCUT2D eigenvalue weighted by Gasteiger charge is 2.26. The Hall–Kier alpha value is -3.30. The van der Waals surface area contributed by atoms with Crippen LogP contribution in [-0.2, 0) is 0 Å². The lowest BCUT2D eigenvalue weighted by molar-refractivity contribution is -0.384. The molecule has 0 aliphatic heterocycles. The third-order valence-electron chi connectivity index (χ3n) is 4.01. The topological polar surface area (TPSA) is 122 Å². The van der Waals surface area contributed by atoms with Crippen LogP contribution in [0.2, 0.25) is 0 Å². The second-order valence-corrected chi connectivity index (χ2v) is 6.25. The summed E-state index contributed by atoms with van der Waals surface area (Å²) in [5.74, 6) is -0.425. The number of benzene rings is 1. The molecule has 1 aromatic heterocycles. The third-order valence-corrected chi connectivity index (χ3v) is 4.01. The maximum atomic E-state index is 13.5. The standard InChI is InChI=1S/C17H19FN6O3/c1-10-2-3-11(8-13(10)18)16(25)19-6-7-20-17-21-9-14(24(26)27)15(23-17)22-12-4-5-12/h2-3,8-9,12H,4-7H2,1H3,(H,19,25)(H2,20,21,22,23). The number of anilines is 2. The number of aryl methyl sites for hydroxylation is 1. The molecule has 1 saturated carbocycles. The van der Waals surface area contributed by atoms with Crippen molar-refractivity contribution < 1.29 is 14.1 Å². The first-order valence-corrected chi connectivity index (χ1v) is 8.50. The molecule has 1 aliphatic carbocycles. The number of aromatic nitrogens is 2. The van der Waals surface area contributed by atoms with E-state index < -0.39 is 16.6 Å². The molecule has 1 amide bonds. The van der Waals surface area contributed by atoms with Gasteiger partial charge in [0.25, 0.3) is 5.91 Å². The van der Waals surface area contributed by atoms with Crippen molar-refractivity contribution in [1.82, 2.24) is 15.3 Å². The minimum atomic E-state index is -0.532. The second kappa shape index (κ2) is 7.94. The van der Waals surface area contributed by atoms with E-state index in [2.05, 4.69) is 25.9 Å². The minimum Gasteiger partial charge on any atom is -0.361 e. The molecular formula is C17H19FN6O3. The van der Waals surface area contributed by atoms with Crippen LogP contribution in [0.25, 0.3) is 0 Å². The highest BCUT2D eigenvalue weighted by molar-refractivity contribution is 5.94. The van der Waals surface area contributed by atoms with Gasteiger partial charge in [-0.15, -0.1) is 0 Å². The summed E-state index contributed by atoms with van der Waals surface area (Å²) in [4.78, 5) is 30.6. The lowest BCUT2D eigenvalue weighted by Crippen LogP contribution is -2.29. The van der Waals surface area contributed by atoms with Gasteiger partial charge in [-0.1, -0.05) is 6.07 Å². The molecule has 0 atom stereocenters. The van der Waals surface area contributed by atoms with Crippen LogP contribution >= 0.6 is 0 Å². The molecule has 3 rings (SSSR count). The van der Waals surface area contributed by atoms with Crippen molar-refractivity contribution in [2.45, 2.75) is 25.8 Å². The summed E-state index contributed by atoms with van der Waals surface area (Å²) in [7, 11) is 0. The normalized spacial score (nSPS) is 13.1. The lowest BCUT2D eigenvalue weighted by Gasteiger charge is -2.09. The Balaban J connectivity index is 1.53. The van der Waals surface area contributed by atoms with Gasteiger partial charge in [-0.3, -0.25) is 14.9 Å². The van der Waals surface area contributed by atoms with Crippen LogP contribution in [0.5, 0.6) is 0 Å². The fourth-order valence-electron chi connectivity index (χ4n) is 2.31. The zero-order valence-corrected chi connectivity index (χ0v) is 14.7. The smallest absolute Gasteiger partial charge is 0.329 e. The van der Waals surface area contributed by atoms with Crippen molar-refractivity contribution >= 4 is 23.4 Å². The number of carbonyl (C=O) groups is 1. The van der Waals surface area contributed by atoms with Crippen LogP contribution < -0.4 is 16.0 Å². The predicted molar refractivity (Wildman–Crippen MR) is 97.3 cm³/mol. The number of halogens is 1. The van der Waals surface area contributed by atoms with Crippen LogP contribution in [0, 0.1) is 22.9 Å². The van der Waals surface area contributed by atoms with Crippen molar-refractivity contribution in [3.8, 4) is 0 Å². The van der Waals surface area contributed by atoms with Crippen molar-refractivity contribution in [3.63, 3.8) is 0 Å². The van der Waals surface area contributed by atoms with Crippen LogP contribution in [0.3, 0.4) is 0 Å². The molecule has 142 valence electrons.